The van der Waals surface area contributed by atoms with Gasteiger partial charge in [-0.25, -0.2) is 5.01 Å². The van der Waals surface area contributed by atoms with Crippen LogP contribution in [0.4, 0.5) is 0 Å². The quantitative estimate of drug-likeness (QED) is 0.328. The van der Waals surface area contributed by atoms with Crippen LogP contribution in [0.15, 0.2) is 30.3 Å². The van der Waals surface area contributed by atoms with Crippen LogP contribution in [0.3, 0.4) is 0 Å². The van der Waals surface area contributed by atoms with Crippen molar-refractivity contribution in [2.75, 3.05) is 6.44 Å². The zero-order chi connectivity index (χ0) is 9.68. The molecule has 0 radical (unpaired) electrons. The highest BCUT2D eigenvalue weighted by molar-refractivity contribution is 6.41. The van der Waals surface area contributed by atoms with Crippen molar-refractivity contribution in [2.24, 2.45) is 5.84 Å². The third-order valence-electron chi connectivity index (χ3n) is 1.63. The summed E-state index contributed by atoms with van der Waals surface area (Å²) in [5, 5.41) is 18.6. The summed E-state index contributed by atoms with van der Waals surface area (Å²) >= 11 is 0. The molecular formula is C8H13BN2O2. The van der Waals surface area contributed by atoms with Gasteiger partial charge in [-0.05, 0) is 5.56 Å². The largest absolute Gasteiger partial charge is 0.468 e. The highest BCUT2D eigenvalue weighted by atomic mass is 16.4. The first-order valence-electron chi connectivity index (χ1n) is 4.08. The van der Waals surface area contributed by atoms with Crippen LogP contribution in [0.5, 0.6) is 0 Å². The number of benzene rings is 1. The van der Waals surface area contributed by atoms with E-state index < -0.39 is 7.12 Å². The van der Waals surface area contributed by atoms with Crippen LogP contribution in [-0.4, -0.2) is 28.6 Å². The zero-order valence-electron chi connectivity index (χ0n) is 7.30. The van der Waals surface area contributed by atoms with E-state index in [0.717, 1.165) is 5.56 Å². The fourth-order valence-electron chi connectivity index (χ4n) is 1.09. The van der Waals surface area contributed by atoms with Gasteiger partial charge in [-0.2, -0.15) is 0 Å². The Balaban J connectivity index is 2.41. The van der Waals surface area contributed by atoms with E-state index in [1.807, 2.05) is 30.3 Å². The molecule has 0 aliphatic heterocycles. The lowest BCUT2D eigenvalue weighted by Crippen LogP contribution is -2.39. The summed E-state index contributed by atoms with van der Waals surface area (Å²) in [5.74, 6) is 5.52. The van der Waals surface area contributed by atoms with Crippen LogP contribution in [0.1, 0.15) is 5.56 Å². The molecule has 0 unspecified atom stereocenters. The molecule has 0 atom stereocenters. The van der Waals surface area contributed by atoms with Crippen molar-refractivity contribution >= 4 is 7.12 Å². The molecule has 4 N–H and O–H groups in total. The monoisotopic (exact) mass is 180 g/mol. The third-order valence-corrected chi connectivity index (χ3v) is 1.63. The lowest BCUT2D eigenvalue weighted by molar-refractivity contribution is 0.278. The second-order valence-corrected chi connectivity index (χ2v) is 2.90. The Labute approximate surface area is 77.7 Å². The number of hydrogen-bond acceptors (Lipinski definition) is 4. The highest BCUT2D eigenvalue weighted by Gasteiger charge is 2.10. The van der Waals surface area contributed by atoms with Crippen LogP contribution in [-0.2, 0) is 6.54 Å². The molecule has 1 aromatic carbocycles. The van der Waals surface area contributed by atoms with Crippen LogP contribution in [0.2, 0.25) is 0 Å². The second-order valence-electron chi connectivity index (χ2n) is 2.90. The molecule has 0 heterocycles. The van der Waals surface area contributed by atoms with Crippen molar-refractivity contribution in [1.82, 2.24) is 5.01 Å². The van der Waals surface area contributed by atoms with E-state index in [0.29, 0.717) is 6.54 Å². The number of nitrogens with zero attached hydrogens (tertiary/aromatic N) is 1. The minimum atomic E-state index is -1.38. The summed E-state index contributed by atoms with van der Waals surface area (Å²) in [6.45, 7) is 0.512. The number of hydrazine groups is 1. The van der Waals surface area contributed by atoms with Gasteiger partial charge in [-0.3, -0.25) is 5.84 Å². The maximum absolute atomic E-state index is 8.63. The molecule has 0 saturated heterocycles. The summed E-state index contributed by atoms with van der Waals surface area (Å²) in [6, 6.07) is 9.62. The number of nitrogens with two attached hydrogens (primary N) is 1. The predicted molar refractivity (Wildman–Crippen MR) is 51.2 cm³/mol. The fraction of sp³-hybridized carbons (Fsp3) is 0.250. The van der Waals surface area contributed by atoms with Gasteiger partial charge in [0.05, 0.1) is 0 Å². The molecule has 0 aliphatic rings. The average molecular weight is 180 g/mol. The molecule has 70 valence electrons. The Bertz CT molecular complexity index is 243. The minimum absolute atomic E-state index is 0.0505. The molecule has 0 saturated carbocycles. The fourth-order valence-corrected chi connectivity index (χ4v) is 1.09. The van der Waals surface area contributed by atoms with Crippen molar-refractivity contribution in [3.05, 3.63) is 35.9 Å². The molecule has 4 nitrogen and oxygen atoms in total. The van der Waals surface area contributed by atoms with Gasteiger partial charge >= 0.3 is 7.12 Å². The van der Waals surface area contributed by atoms with E-state index in [9.17, 15) is 0 Å². The molecular weight excluding hydrogens is 167 g/mol. The molecule has 5 heteroatoms. The minimum Gasteiger partial charge on any atom is -0.426 e. The van der Waals surface area contributed by atoms with E-state index >= 15 is 0 Å². The smallest absolute Gasteiger partial charge is 0.426 e. The van der Waals surface area contributed by atoms with Gasteiger partial charge in [-0.15, -0.1) is 0 Å². The van der Waals surface area contributed by atoms with Crippen molar-refractivity contribution < 1.29 is 10.0 Å². The van der Waals surface area contributed by atoms with Crippen LogP contribution in [0, 0.1) is 0 Å². The standard InChI is InChI=1S/C8H13BN2O2/c10-11(7-9(12)13)6-8-4-2-1-3-5-8/h1-5,12-13H,6-7,10H2. The Morgan fingerprint density at radius 2 is 1.85 bits per heavy atom. The lowest BCUT2D eigenvalue weighted by Gasteiger charge is -2.15. The zero-order valence-corrected chi connectivity index (χ0v) is 7.30. The summed E-state index contributed by atoms with van der Waals surface area (Å²) in [4.78, 5) is 0. The van der Waals surface area contributed by atoms with Gasteiger partial charge < -0.3 is 10.0 Å². The summed E-state index contributed by atoms with van der Waals surface area (Å²) in [5.41, 5.74) is 1.05. The molecule has 0 aliphatic carbocycles. The number of rotatable bonds is 4. The Hall–Kier alpha value is -0.875. The molecule has 0 fully saturated rings. The molecule has 1 aromatic rings. The van der Waals surface area contributed by atoms with Gasteiger partial charge in [0.1, 0.15) is 0 Å². The van der Waals surface area contributed by atoms with Crippen LogP contribution >= 0.6 is 0 Å². The lowest BCUT2D eigenvalue weighted by atomic mass is 9.92. The first-order valence-corrected chi connectivity index (χ1v) is 4.08. The van der Waals surface area contributed by atoms with Gasteiger partial charge in [0.15, 0.2) is 0 Å². The molecule has 0 bridgehead atoms. The Kier molecular flexibility index (Phi) is 3.91. The average Bonchev–Trinajstić information content (AvgIpc) is 2.04. The van der Waals surface area contributed by atoms with E-state index in [1.54, 1.807) is 0 Å². The molecule has 0 aromatic heterocycles. The molecule has 13 heavy (non-hydrogen) atoms. The van der Waals surface area contributed by atoms with E-state index in [4.69, 9.17) is 15.9 Å². The highest BCUT2D eigenvalue weighted by Crippen LogP contribution is 2.00. The van der Waals surface area contributed by atoms with Crippen LogP contribution < -0.4 is 5.84 Å². The maximum atomic E-state index is 8.63. The second kappa shape index (κ2) is 4.99. The normalized spacial score (nSPS) is 10.5. The Morgan fingerprint density at radius 1 is 1.23 bits per heavy atom. The summed E-state index contributed by atoms with van der Waals surface area (Å²) in [7, 11) is -1.38. The van der Waals surface area contributed by atoms with E-state index in [-0.39, 0.29) is 6.44 Å². The number of hydrogen-bond donors (Lipinski definition) is 3. The topological polar surface area (TPSA) is 69.7 Å². The third kappa shape index (κ3) is 4.05. The maximum Gasteiger partial charge on any atom is 0.468 e. The van der Waals surface area contributed by atoms with Gasteiger partial charge in [0, 0.05) is 13.0 Å². The van der Waals surface area contributed by atoms with Gasteiger partial charge in [0.2, 0.25) is 0 Å². The summed E-state index contributed by atoms with van der Waals surface area (Å²) < 4.78 is 0. The molecule has 0 amide bonds. The summed E-state index contributed by atoms with van der Waals surface area (Å²) in [6.07, 6.45) is 0.0505. The first-order chi connectivity index (χ1) is 6.18. The predicted octanol–water partition coefficient (Wildman–Crippen LogP) is -0.626. The van der Waals surface area contributed by atoms with E-state index in [1.165, 1.54) is 5.01 Å². The Morgan fingerprint density at radius 3 is 2.38 bits per heavy atom. The van der Waals surface area contributed by atoms with Gasteiger partial charge in [-0.1, -0.05) is 30.3 Å². The SMILES string of the molecule is NN(CB(O)O)Cc1ccccc1. The first kappa shape index (κ1) is 10.2. The van der Waals surface area contributed by atoms with Crippen molar-refractivity contribution in [3.8, 4) is 0 Å². The van der Waals surface area contributed by atoms with E-state index in [2.05, 4.69) is 0 Å². The van der Waals surface area contributed by atoms with Crippen molar-refractivity contribution in [1.29, 1.82) is 0 Å². The van der Waals surface area contributed by atoms with Crippen molar-refractivity contribution in [2.45, 2.75) is 6.54 Å². The molecule has 1 rings (SSSR count). The van der Waals surface area contributed by atoms with Gasteiger partial charge in [0.25, 0.3) is 0 Å². The molecule has 0 spiro atoms. The van der Waals surface area contributed by atoms with Crippen molar-refractivity contribution in [3.63, 3.8) is 0 Å². The van der Waals surface area contributed by atoms with Crippen LogP contribution in [0.25, 0.3) is 0 Å².